The number of halogens is 1. The first-order valence-corrected chi connectivity index (χ1v) is 15.9. The average molecular weight is 630 g/mol. The molecule has 9 nitrogen and oxygen atoms in total. The normalized spacial score (nSPS) is 12.6. The lowest BCUT2D eigenvalue weighted by Gasteiger charge is -2.34. The number of methoxy groups -OCH3 is 2. The van der Waals surface area contributed by atoms with E-state index in [1.807, 2.05) is 27.7 Å². The number of anilines is 1. The molecule has 0 aliphatic carbocycles. The predicted molar refractivity (Wildman–Crippen MR) is 169 cm³/mol. The number of hydrogen-bond donors (Lipinski definition) is 1. The fourth-order valence-electron chi connectivity index (χ4n) is 4.49. The Bertz CT molecular complexity index is 1500. The van der Waals surface area contributed by atoms with Crippen LogP contribution in [-0.4, -0.2) is 58.0 Å². The Morgan fingerprint density at radius 2 is 1.53 bits per heavy atom. The van der Waals surface area contributed by atoms with Crippen LogP contribution in [0.1, 0.15) is 44.7 Å². The minimum absolute atomic E-state index is 0.0199. The summed E-state index contributed by atoms with van der Waals surface area (Å²) in [5, 5.41) is 3.50. The van der Waals surface area contributed by atoms with Crippen LogP contribution in [0.4, 0.5) is 5.69 Å². The Morgan fingerprint density at radius 3 is 2.09 bits per heavy atom. The molecule has 0 aliphatic heterocycles. The summed E-state index contributed by atoms with van der Waals surface area (Å²) in [6, 6.07) is 17.1. The van der Waals surface area contributed by atoms with Gasteiger partial charge in [0.2, 0.25) is 11.8 Å². The Balaban J connectivity index is 2.11. The van der Waals surface area contributed by atoms with Crippen molar-refractivity contribution in [3.8, 4) is 11.5 Å². The highest BCUT2D eigenvalue weighted by Crippen LogP contribution is 2.34. The van der Waals surface area contributed by atoms with E-state index < -0.39 is 28.5 Å². The first kappa shape index (κ1) is 33.7. The van der Waals surface area contributed by atoms with Crippen molar-refractivity contribution in [2.24, 2.45) is 0 Å². The summed E-state index contributed by atoms with van der Waals surface area (Å²) in [5.41, 5.74) is 1.83. The monoisotopic (exact) mass is 629 g/mol. The van der Waals surface area contributed by atoms with E-state index in [1.54, 1.807) is 48.5 Å². The summed E-state index contributed by atoms with van der Waals surface area (Å²) in [5.74, 6) is -0.152. The number of carbonyl (C=O) groups excluding carboxylic acids is 2. The summed E-state index contributed by atoms with van der Waals surface area (Å²) >= 11 is 6.09. The van der Waals surface area contributed by atoms with E-state index >= 15 is 0 Å². The molecule has 0 saturated heterocycles. The molecule has 1 N–H and O–H groups in total. The second-order valence-corrected chi connectivity index (χ2v) is 12.6. The first-order chi connectivity index (χ1) is 20.4. The summed E-state index contributed by atoms with van der Waals surface area (Å²) in [6.45, 7) is 7.04. The van der Waals surface area contributed by atoms with Gasteiger partial charge in [-0.05, 0) is 68.7 Å². The van der Waals surface area contributed by atoms with Crippen molar-refractivity contribution >= 4 is 39.1 Å². The van der Waals surface area contributed by atoms with E-state index in [1.165, 1.54) is 37.3 Å². The van der Waals surface area contributed by atoms with Gasteiger partial charge in [-0.1, -0.05) is 55.3 Å². The molecule has 0 saturated carbocycles. The van der Waals surface area contributed by atoms with Crippen LogP contribution in [0, 0.1) is 6.92 Å². The maximum absolute atomic E-state index is 14.2. The van der Waals surface area contributed by atoms with Crippen LogP contribution in [0.25, 0.3) is 0 Å². The van der Waals surface area contributed by atoms with E-state index in [2.05, 4.69) is 5.32 Å². The Kier molecular flexibility index (Phi) is 11.9. The molecule has 0 fully saturated rings. The summed E-state index contributed by atoms with van der Waals surface area (Å²) < 4.78 is 40.0. The zero-order valence-corrected chi connectivity index (χ0v) is 27.0. The molecule has 11 heteroatoms. The van der Waals surface area contributed by atoms with Crippen LogP contribution < -0.4 is 19.1 Å². The Labute approximate surface area is 259 Å². The van der Waals surface area contributed by atoms with Crippen LogP contribution in [0.5, 0.6) is 11.5 Å². The van der Waals surface area contributed by atoms with Gasteiger partial charge in [-0.15, -0.1) is 0 Å². The van der Waals surface area contributed by atoms with Gasteiger partial charge in [0, 0.05) is 23.7 Å². The zero-order chi connectivity index (χ0) is 31.7. The molecular formula is C32H40ClN3O6S. The number of nitrogens with zero attached hydrogens (tertiary/aromatic N) is 2. The fraction of sp³-hybridized carbons (Fsp3) is 0.375. The number of sulfonamides is 1. The molecule has 2 atom stereocenters. The SMILES string of the molecule is CCC(C)NC(=O)C(CC)N(Cc1ccc(Cl)cc1)C(=O)CN(c1ccc(OC)c(OC)c1)S(=O)(=O)c1ccc(C)cc1. The van der Waals surface area contributed by atoms with Crippen LogP contribution in [0.3, 0.4) is 0 Å². The van der Waals surface area contributed by atoms with Crippen molar-refractivity contribution in [2.45, 2.75) is 64.1 Å². The quantitative estimate of drug-likeness (QED) is 0.250. The molecule has 232 valence electrons. The number of amides is 2. The molecule has 2 unspecified atom stereocenters. The second kappa shape index (κ2) is 15.1. The minimum Gasteiger partial charge on any atom is -0.493 e. The van der Waals surface area contributed by atoms with Gasteiger partial charge in [0.25, 0.3) is 10.0 Å². The average Bonchev–Trinajstić information content (AvgIpc) is 3.00. The van der Waals surface area contributed by atoms with Gasteiger partial charge in [-0.25, -0.2) is 8.42 Å². The van der Waals surface area contributed by atoms with Crippen molar-refractivity contribution in [1.29, 1.82) is 0 Å². The number of ether oxygens (including phenoxy) is 2. The number of rotatable bonds is 14. The molecule has 0 aromatic heterocycles. The summed E-state index contributed by atoms with van der Waals surface area (Å²) in [6.07, 6.45) is 1.04. The molecule has 3 aromatic carbocycles. The maximum atomic E-state index is 14.2. The summed E-state index contributed by atoms with van der Waals surface area (Å²) in [4.78, 5) is 29.1. The van der Waals surface area contributed by atoms with Crippen LogP contribution in [0.2, 0.25) is 5.02 Å². The molecular weight excluding hydrogens is 590 g/mol. The van der Waals surface area contributed by atoms with Crippen LogP contribution >= 0.6 is 11.6 Å². The molecule has 3 rings (SSSR count). The van der Waals surface area contributed by atoms with Crippen LogP contribution in [0.15, 0.2) is 71.6 Å². The third kappa shape index (κ3) is 8.42. The van der Waals surface area contributed by atoms with Crippen molar-refractivity contribution < 1.29 is 27.5 Å². The molecule has 0 spiro atoms. The van der Waals surface area contributed by atoms with Gasteiger partial charge in [-0.3, -0.25) is 13.9 Å². The van der Waals surface area contributed by atoms with Crippen molar-refractivity contribution in [3.63, 3.8) is 0 Å². The van der Waals surface area contributed by atoms with Crippen molar-refractivity contribution in [1.82, 2.24) is 10.2 Å². The Hall–Kier alpha value is -3.76. The third-order valence-corrected chi connectivity index (χ3v) is 9.24. The number of hydrogen-bond acceptors (Lipinski definition) is 6. The number of carbonyl (C=O) groups is 2. The lowest BCUT2D eigenvalue weighted by atomic mass is 10.1. The van der Waals surface area contributed by atoms with E-state index in [-0.39, 0.29) is 29.1 Å². The van der Waals surface area contributed by atoms with E-state index in [4.69, 9.17) is 21.1 Å². The molecule has 0 heterocycles. The molecule has 0 aliphatic rings. The van der Waals surface area contributed by atoms with Gasteiger partial charge in [0.05, 0.1) is 24.8 Å². The number of aryl methyl sites for hydroxylation is 1. The molecule has 0 radical (unpaired) electrons. The predicted octanol–water partition coefficient (Wildman–Crippen LogP) is 5.58. The topological polar surface area (TPSA) is 105 Å². The highest BCUT2D eigenvalue weighted by molar-refractivity contribution is 7.92. The third-order valence-electron chi connectivity index (χ3n) is 7.20. The minimum atomic E-state index is -4.23. The van der Waals surface area contributed by atoms with Gasteiger partial charge in [0.1, 0.15) is 12.6 Å². The lowest BCUT2D eigenvalue weighted by Crippen LogP contribution is -2.53. The number of benzene rings is 3. The van der Waals surface area contributed by atoms with E-state index in [0.29, 0.717) is 22.9 Å². The van der Waals surface area contributed by atoms with Crippen LogP contribution in [-0.2, 0) is 26.2 Å². The molecule has 43 heavy (non-hydrogen) atoms. The van der Waals surface area contributed by atoms with Gasteiger partial charge in [-0.2, -0.15) is 0 Å². The fourth-order valence-corrected chi connectivity index (χ4v) is 6.03. The maximum Gasteiger partial charge on any atom is 0.264 e. The van der Waals surface area contributed by atoms with Gasteiger partial charge >= 0.3 is 0 Å². The molecule has 0 bridgehead atoms. The molecule has 3 aromatic rings. The highest BCUT2D eigenvalue weighted by atomic mass is 35.5. The Morgan fingerprint density at radius 1 is 0.907 bits per heavy atom. The van der Waals surface area contributed by atoms with E-state index in [9.17, 15) is 18.0 Å². The second-order valence-electron chi connectivity index (χ2n) is 10.3. The smallest absolute Gasteiger partial charge is 0.264 e. The zero-order valence-electron chi connectivity index (χ0n) is 25.5. The van der Waals surface area contributed by atoms with Crippen molar-refractivity contribution in [3.05, 3.63) is 82.9 Å². The summed E-state index contributed by atoms with van der Waals surface area (Å²) in [7, 11) is -1.30. The molecule has 2 amide bonds. The largest absolute Gasteiger partial charge is 0.493 e. The number of nitrogens with one attached hydrogen (secondary N) is 1. The highest BCUT2D eigenvalue weighted by Gasteiger charge is 2.34. The van der Waals surface area contributed by atoms with E-state index in [0.717, 1.165) is 21.9 Å². The lowest BCUT2D eigenvalue weighted by molar-refractivity contribution is -0.140. The first-order valence-electron chi connectivity index (χ1n) is 14.1. The standard InChI is InChI=1S/C32H40ClN3O6S/c1-7-23(4)34-32(38)28(8-2)35(20-24-11-13-25(33)14-12-24)31(37)21-36(26-15-18-29(41-5)30(19-26)42-6)43(39,40)27-16-9-22(3)10-17-27/h9-19,23,28H,7-8,20-21H2,1-6H3,(H,34,38). The van der Waals surface area contributed by atoms with Gasteiger partial charge < -0.3 is 19.7 Å². The van der Waals surface area contributed by atoms with Gasteiger partial charge in [0.15, 0.2) is 11.5 Å². The van der Waals surface area contributed by atoms with Crippen molar-refractivity contribution in [2.75, 3.05) is 25.1 Å².